The molecular weight excluding hydrogens is 430 g/mol. The summed E-state index contributed by atoms with van der Waals surface area (Å²) in [6, 6.07) is 7.01. The number of hydrazone groups is 1. The molecule has 12 heteroatoms. The lowest BCUT2D eigenvalue weighted by Gasteiger charge is -2.26. The molecule has 2 aromatic heterocycles. The van der Waals surface area contributed by atoms with Crippen LogP contribution in [0.1, 0.15) is 16.9 Å². The topological polar surface area (TPSA) is 141 Å². The Morgan fingerprint density at radius 1 is 1.18 bits per heavy atom. The third kappa shape index (κ3) is 5.06. The zero-order chi connectivity index (χ0) is 23.4. The van der Waals surface area contributed by atoms with E-state index in [0.717, 1.165) is 11.1 Å². The second-order valence-electron chi connectivity index (χ2n) is 7.33. The maximum atomic E-state index is 11.1. The first-order chi connectivity index (χ1) is 15.9. The SMILES string of the molecule is COc1nc(N/N=C/c2ccc(-c3cc(C)c([N+](=O)[O-])cc3C)o2)nc(N2CCOCC2)n1. The van der Waals surface area contributed by atoms with Crippen molar-refractivity contribution >= 4 is 23.8 Å². The van der Waals surface area contributed by atoms with Crippen LogP contribution >= 0.6 is 0 Å². The van der Waals surface area contributed by atoms with Crippen molar-refractivity contribution < 1.29 is 18.8 Å². The Kier molecular flexibility index (Phi) is 6.45. The number of hydrogen-bond donors (Lipinski definition) is 1. The van der Waals surface area contributed by atoms with E-state index in [1.54, 1.807) is 38.1 Å². The molecule has 0 radical (unpaired) electrons. The van der Waals surface area contributed by atoms with Crippen molar-refractivity contribution in [1.29, 1.82) is 0 Å². The van der Waals surface area contributed by atoms with Crippen molar-refractivity contribution in [2.24, 2.45) is 5.10 Å². The van der Waals surface area contributed by atoms with Gasteiger partial charge in [-0.15, -0.1) is 0 Å². The molecule has 0 aliphatic carbocycles. The number of rotatable bonds is 7. The average molecular weight is 453 g/mol. The van der Waals surface area contributed by atoms with Crippen LogP contribution in [0.5, 0.6) is 6.01 Å². The van der Waals surface area contributed by atoms with E-state index < -0.39 is 4.92 Å². The number of ether oxygens (including phenoxy) is 2. The van der Waals surface area contributed by atoms with Gasteiger partial charge in [-0.3, -0.25) is 10.1 Å². The highest BCUT2D eigenvalue weighted by molar-refractivity contribution is 5.78. The number of hydrogen-bond acceptors (Lipinski definition) is 11. The molecule has 0 amide bonds. The number of benzene rings is 1. The maximum absolute atomic E-state index is 11.1. The first-order valence-corrected chi connectivity index (χ1v) is 10.2. The van der Waals surface area contributed by atoms with Crippen LogP contribution < -0.4 is 15.1 Å². The Hall–Kier alpha value is -4.06. The highest BCUT2D eigenvalue weighted by atomic mass is 16.6. The highest BCUT2D eigenvalue weighted by Gasteiger charge is 2.17. The van der Waals surface area contributed by atoms with Gasteiger partial charge in [-0.25, -0.2) is 5.43 Å². The number of methoxy groups -OCH3 is 1. The van der Waals surface area contributed by atoms with Crippen molar-refractivity contribution in [2.45, 2.75) is 13.8 Å². The Morgan fingerprint density at radius 2 is 1.97 bits per heavy atom. The van der Waals surface area contributed by atoms with Crippen molar-refractivity contribution in [3.63, 3.8) is 0 Å². The second kappa shape index (κ2) is 9.61. The minimum atomic E-state index is -0.390. The van der Waals surface area contributed by atoms with Crippen molar-refractivity contribution in [3.8, 4) is 17.3 Å². The van der Waals surface area contributed by atoms with E-state index in [1.165, 1.54) is 13.3 Å². The Balaban J connectivity index is 1.49. The molecule has 1 aromatic carbocycles. The van der Waals surface area contributed by atoms with Gasteiger partial charge >= 0.3 is 6.01 Å². The fraction of sp³-hybridized carbons (Fsp3) is 0.333. The van der Waals surface area contributed by atoms with E-state index in [9.17, 15) is 10.1 Å². The zero-order valence-electron chi connectivity index (χ0n) is 18.4. The number of aromatic nitrogens is 3. The van der Waals surface area contributed by atoms with Crippen LogP contribution in [0.3, 0.4) is 0 Å². The number of anilines is 2. The van der Waals surface area contributed by atoms with Crippen LogP contribution in [0.4, 0.5) is 17.6 Å². The first-order valence-electron chi connectivity index (χ1n) is 10.2. The van der Waals surface area contributed by atoms with E-state index in [1.807, 2.05) is 4.90 Å². The van der Waals surface area contributed by atoms with Gasteiger partial charge in [0.2, 0.25) is 5.95 Å². The Bertz CT molecular complexity index is 1190. The van der Waals surface area contributed by atoms with Crippen molar-refractivity contribution in [1.82, 2.24) is 15.0 Å². The average Bonchev–Trinajstić information content (AvgIpc) is 3.29. The summed E-state index contributed by atoms with van der Waals surface area (Å²) in [5.41, 5.74) is 4.94. The third-order valence-electron chi connectivity index (χ3n) is 5.07. The molecule has 12 nitrogen and oxygen atoms in total. The molecule has 0 spiro atoms. The molecule has 33 heavy (non-hydrogen) atoms. The van der Waals surface area contributed by atoms with Crippen LogP contribution in [0.25, 0.3) is 11.3 Å². The third-order valence-corrected chi connectivity index (χ3v) is 5.07. The molecular formula is C21H23N7O5. The molecule has 1 aliphatic heterocycles. The fourth-order valence-electron chi connectivity index (χ4n) is 3.38. The summed E-state index contributed by atoms with van der Waals surface area (Å²) in [4.78, 5) is 25.6. The van der Waals surface area contributed by atoms with Crippen LogP contribution in [-0.2, 0) is 4.74 Å². The smallest absolute Gasteiger partial charge is 0.322 e. The maximum Gasteiger partial charge on any atom is 0.322 e. The minimum absolute atomic E-state index is 0.0815. The molecule has 0 unspecified atom stereocenters. The molecule has 1 N–H and O–H groups in total. The van der Waals surface area contributed by atoms with E-state index in [2.05, 4.69) is 25.5 Å². The molecule has 1 saturated heterocycles. The van der Waals surface area contributed by atoms with Gasteiger partial charge in [-0.2, -0.15) is 20.1 Å². The van der Waals surface area contributed by atoms with Gasteiger partial charge in [0, 0.05) is 30.3 Å². The van der Waals surface area contributed by atoms with E-state index >= 15 is 0 Å². The molecule has 3 heterocycles. The number of nitrogens with zero attached hydrogens (tertiary/aromatic N) is 6. The second-order valence-corrected chi connectivity index (χ2v) is 7.33. The molecule has 0 bridgehead atoms. The molecule has 0 atom stereocenters. The fourth-order valence-corrected chi connectivity index (χ4v) is 3.38. The summed E-state index contributed by atoms with van der Waals surface area (Å²) in [6.45, 7) is 6.05. The summed E-state index contributed by atoms with van der Waals surface area (Å²) in [5, 5.41) is 15.3. The number of aryl methyl sites for hydroxylation is 2. The van der Waals surface area contributed by atoms with Crippen LogP contribution in [0.2, 0.25) is 0 Å². The summed E-state index contributed by atoms with van der Waals surface area (Å²) in [5.74, 6) is 1.78. The van der Waals surface area contributed by atoms with Gasteiger partial charge in [0.15, 0.2) is 0 Å². The zero-order valence-corrected chi connectivity index (χ0v) is 18.4. The van der Waals surface area contributed by atoms with Gasteiger partial charge in [0.1, 0.15) is 11.5 Å². The van der Waals surface area contributed by atoms with Crippen molar-refractivity contribution in [2.75, 3.05) is 43.7 Å². The van der Waals surface area contributed by atoms with Gasteiger partial charge in [0.25, 0.3) is 11.6 Å². The molecule has 3 aromatic rings. The van der Waals surface area contributed by atoms with Crippen LogP contribution in [-0.4, -0.2) is 59.5 Å². The van der Waals surface area contributed by atoms with Crippen molar-refractivity contribution in [3.05, 3.63) is 51.3 Å². The summed E-state index contributed by atoms with van der Waals surface area (Å²) in [7, 11) is 1.48. The molecule has 0 saturated carbocycles. The normalized spacial score (nSPS) is 14.0. The van der Waals surface area contributed by atoms with E-state index in [0.29, 0.717) is 49.3 Å². The number of nitro groups is 1. The largest absolute Gasteiger partial charge is 0.467 e. The molecule has 172 valence electrons. The Labute approximate surface area is 189 Å². The quantitative estimate of drug-likeness (QED) is 0.322. The predicted molar refractivity (Wildman–Crippen MR) is 121 cm³/mol. The van der Waals surface area contributed by atoms with E-state index in [4.69, 9.17) is 13.9 Å². The van der Waals surface area contributed by atoms with E-state index in [-0.39, 0.29) is 17.6 Å². The Morgan fingerprint density at radius 3 is 2.70 bits per heavy atom. The molecule has 4 rings (SSSR count). The lowest BCUT2D eigenvalue weighted by Crippen LogP contribution is -2.37. The lowest BCUT2D eigenvalue weighted by atomic mass is 10.0. The highest BCUT2D eigenvalue weighted by Crippen LogP contribution is 2.31. The number of nitro benzene ring substituents is 1. The lowest BCUT2D eigenvalue weighted by molar-refractivity contribution is -0.385. The minimum Gasteiger partial charge on any atom is -0.467 e. The number of nitrogens with one attached hydrogen (secondary N) is 1. The predicted octanol–water partition coefficient (Wildman–Crippen LogP) is 2.95. The van der Waals surface area contributed by atoms with Gasteiger partial charge in [-0.05, 0) is 37.6 Å². The van der Waals surface area contributed by atoms with Crippen LogP contribution in [0.15, 0.2) is 33.8 Å². The van der Waals surface area contributed by atoms with Gasteiger partial charge in [-0.1, -0.05) is 0 Å². The monoisotopic (exact) mass is 453 g/mol. The molecule has 1 aliphatic rings. The summed E-state index contributed by atoms with van der Waals surface area (Å²) < 4.78 is 16.4. The van der Waals surface area contributed by atoms with Gasteiger partial charge in [0.05, 0.1) is 31.5 Å². The number of furan rings is 1. The first kappa shape index (κ1) is 22.1. The summed E-state index contributed by atoms with van der Waals surface area (Å²) in [6.07, 6.45) is 1.49. The van der Waals surface area contributed by atoms with Crippen LogP contribution in [0, 0.1) is 24.0 Å². The standard InChI is InChI=1S/C21H23N7O5/c1-13-11-17(28(29)30)14(2)10-16(13)18-5-4-15(33-18)12-22-26-19-23-20(25-21(24-19)31-3)27-6-8-32-9-7-27/h4-5,10-12H,6-9H2,1-3H3,(H,23,24,25,26)/b22-12+. The number of morpholine rings is 1. The molecule has 1 fully saturated rings. The van der Waals surface area contributed by atoms with Gasteiger partial charge < -0.3 is 18.8 Å². The summed E-state index contributed by atoms with van der Waals surface area (Å²) >= 11 is 0.